The molecule has 0 heterocycles. The average Bonchev–Trinajstić information content (AvgIpc) is 2.66. The number of amides is 1. The van der Waals surface area contributed by atoms with Crippen LogP contribution in [0.4, 0.5) is 9.18 Å². The summed E-state index contributed by atoms with van der Waals surface area (Å²) in [7, 11) is 0. The number of benzene rings is 2. The molecule has 0 aliphatic carbocycles. The summed E-state index contributed by atoms with van der Waals surface area (Å²) in [5.41, 5.74) is 7.27. The van der Waals surface area contributed by atoms with E-state index in [0.29, 0.717) is 24.2 Å². The molecule has 0 saturated carbocycles. The van der Waals surface area contributed by atoms with Crippen molar-refractivity contribution in [2.24, 2.45) is 10.7 Å². The summed E-state index contributed by atoms with van der Waals surface area (Å²) in [5.74, 6) is -0.390. The van der Waals surface area contributed by atoms with Crippen molar-refractivity contribution in [2.45, 2.75) is 6.61 Å². The SMILES string of the molecule is N/C=C(\C=NCCNC(=O)OCc1ccccc1)c1cc(Br)ccc1F. The zero-order chi connectivity index (χ0) is 18.8. The lowest BCUT2D eigenvalue weighted by atomic mass is 10.1. The number of carbonyl (C=O) groups excluding carboxylic acids is 1. The van der Waals surface area contributed by atoms with Crippen LogP contribution in [-0.4, -0.2) is 25.4 Å². The van der Waals surface area contributed by atoms with Gasteiger partial charge in [-0.2, -0.15) is 0 Å². The van der Waals surface area contributed by atoms with E-state index in [-0.39, 0.29) is 12.4 Å². The Morgan fingerprint density at radius 2 is 2.04 bits per heavy atom. The summed E-state index contributed by atoms with van der Waals surface area (Å²) in [6.45, 7) is 0.814. The molecule has 7 heteroatoms. The molecule has 1 amide bonds. The van der Waals surface area contributed by atoms with Crippen molar-refractivity contribution < 1.29 is 13.9 Å². The van der Waals surface area contributed by atoms with Gasteiger partial charge in [0.2, 0.25) is 0 Å². The van der Waals surface area contributed by atoms with Gasteiger partial charge in [0.1, 0.15) is 12.4 Å². The number of allylic oxidation sites excluding steroid dienone is 1. The highest BCUT2D eigenvalue weighted by atomic mass is 79.9. The third-order valence-corrected chi connectivity index (χ3v) is 3.87. The lowest BCUT2D eigenvalue weighted by Crippen LogP contribution is -2.26. The molecule has 0 bridgehead atoms. The highest BCUT2D eigenvalue weighted by Crippen LogP contribution is 2.21. The van der Waals surface area contributed by atoms with Crippen LogP contribution in [0.15, 0.2) is 64.2 Å². The Kier molecular flexibility index (Phi) is 7.82. The largest absolute Gasteiger partial charge is 0.445 e. The Morgan fingerprint density at radius 3 is 2.77 bits per heavy atom. The van der Waals surface area contributed by atoms with Crippen molar-refractivity contribution in [1.82, 2.24) is 5.32 Å². The number of carbonyl (C=O) groups is 1. The first kappa shape index (κ1) is 19.7. The van der Waals surface area contributed by atoms with Crippen molar-refractivity contribution in [3.8, 4) is 0 Å². The Balaban J connectivity index is 1.75. The normalized spacial score (nSPS) is 11.5. The van der Waals surface area contributed by atoms with Gasteiger partial charge in [0.15, 0.2) is 0 Å². The van der Waals surface area contributed by atoms with Crippen LogP contribution in [0.5, 0.6) is 0 Å². The highest BCUT2D eigenvalue weighted by Gasteiger charge is 2.06. The molecule has 0 spiro atoms. The van der Waals surface area contributed by atoms with E-state index in [4.69, 9.17) is 10.5 Å². The molecule has 0 fully saturated rings. The van der Waals surface area contributed by atoms with Gasteiger partial charge in [0.05, 0.1) is 6.54 Å². The molecule has 0 saturated heterocycles. The molecule has 0 atom stereocenters. The molecule has 0 aromatic heterocycles. The first-order chi connectivity index (χ1) is 12.6. The van der Waals surface area contributed by atoms with Crippen molar-refractivity contribution in [1.29, 1.82) is 0 Å². The summed E-state index contributed by atoms with van der Waals surface area (Å²) in [6.07, 6.45) is 2.24. The molecule has 2 rings (SSSR count). The van der Waals surface area contributed by atoms with Crippen LogP contribution in [-0.2, 0) is 11.3 Å². The van der Waals surface area contributed by atoms with Crippen LogP contribution < -0.4 is 11.1 Å². The Hall–Kier alpha value is -2.67. The molecular formula is C19H19BrFN3O2. The highest BCUT2D eigenvalue weighted by molar-refractivity contribution is 9.10. The van der Waals surface area contributed by atoms with Crippen LogP contribution in [0, 0.1) is 5.82 Å². The fourth-order valence-corrected chi connectivity index (χ4v) is 2.44. The van der Waals surface area contributed by atoms with Gasteiger partial charge in [-0.3, -0.25) is 4.99 Å². The van der Waals surface area contributed by atoms with E-state index >= 15 is 0 Å². The molecule has 2 aromatic rings. The summed E-state index contributed by atoms with van der Waals surface area (Å²) in [4.78, 5) is 15.8. The minimum atomic E-state index is -0.517. The van der Waals surface area contributed by atoms with Gasteiger partial charge in [-0.15, -0.1) is 0 Å². The smallest absolute Gasteiger partial charge is 0.407 e. The van der Waals surface area contributed by atoms with E-state index in [0.717, 1.165) is 10.0 Å². The molecular weight excluding hydrogens is 401 g/mol. The monoisotopic (exact) mass is 419 g/mol. The first-order valence-electron chi connectivity index (χ1n) is 7.92. The molecule has 0 unspecified atom stereocenters. The van der Waals surface area contributed by atoms with Crippen LogP contribution in [0.2, 0.25) is 0 Å². The zero-order valence-electron chi connectivity index (χ0n) is 14.0. The van der Waals surface area contributed by atoms with Crippen LogP contribution in [0.3, 0.4) is 0 Å². The van der Waals surface area contributed by atoms with Crippen molar-refractivity contribution in [3.63, 3.8) is 0 Å². The molecule has 0 aliphatic heterocycles. The van der Waals surface area contributed by atoms with Crippen molar-refractivity contribution in [2.75, 3.05) is 13.1 Å². The van der Waals surface area contributed by atoms with Gasteiger partial charge in [0, 0.05) is 34.6 Å². The quantitative estimate of drug-likeness (QED) is 0.527. The molecule has 0 radical (unpaired) electrons. The summed E-state index contributed by atoms with van der Waals surface area (Å²) in [5, 5.41) is 2.60. The minimum Gasteiger partial charge on any atom is -0.445 e. The molecule has 136 valence electrons. The zero-order valence-corrected chi connectivity index (χ0v) is 15.6. The second-order valence-electron chi connectivity index (χ2n) is 5.27. The number of nitrogens with two attached hydrogens (primary N) is 1. The van der Waals surface area contributed by atoms with Crippen molar-refractivity contribution >= 4 is 33.8 Å². The number of rotatable bonds is 7. The Bertz CT molecular complexity index is 795. The van der Waals surface area contributed by atoms with E-state index in [9.17, 15) is 9.18 Å². The number of halogens is 2. The second kappa shape index (κ2) is 10.4. The van der Waals surface area contributed by atoms with Crippen molar-refractivity contribution in [3.05, 3.63) is 76.1 Å². The summed E-state index contributed by atoms with van der Waals surface area (Å²) >= 11 is 3.29. The number of hydrogen-bond acceptors (Lipinski definition) is 4. The predicted octanol–water partition coefficient (Wildman–Crippen LogP) is 3.89. The minimum absolute atomic E-state index is 0.207. The number of hydrogen-bond donors (Lipinski definition) is 2. The van der Waals surface area contributed by atoms with Crippen LogP contribution in [0.1, 0.15) is 11.1 Å². The molecule has 2 aromatic carbocycles. The van der Waals surface area contributed by atoms with E-state index in [1.54, 1.807) is 12.1 Å². The molecule has 3 N–H and O–H groups in total. The summed E-state index contributed by atoms with van der Waals surface area (Å²) < 4.78 is 19.7. The maximum absolute atomic E-state index is 13.9. The molecule has 5 nitrogen and oxygen atoms in total. The fraction of sp³-hybridized carbons (Fsp3) is 0.158. The average molecular weight is 420 g/mol. The standard InChI is InChI=1S/C19H19BrFN3O2/c20-16-6-7-18(21)17(10-16)15(11-22)12-23-8-9-24-19(25)26-13-14-4-2-1-3-5-14/h1-7,10-12H,8-9,13,22H2,(H,24,25)/b15-11+,23-12?. The van der Waals surface area contributed by atoms with Gasteiger partial charge >= 0.3 is 6.09 Å². The number of ether oxygens (including phenoxy) is 1. The molecule has 26 heavy (non-hydrogen) atoms. The van der Waals surface area contributed by atoms with E-state index in [1.807, 2.05) is 30.3 Å². The Morgan fingerprint density at radius 1 is 1.27 bits per heavy atom. The van der Waals surface area contributed by atoms with E-state index in [2.05, 4.69) is 26.2 Å². The fourth-order valence-electron chi connectivity index (χ4n) is 2.08. The topological polar surface area (TPSA) is 76.7 Å². The Labute approximate surface area is 159 Å². The third-order valence-electron chi connectivity index (χ3n) is 3.37. The van der Waals surface area contributed by atoms with Gasteiger partial charge in [0.25, 0.3) is 0 Å². The number of nitrogens with zero attached hydrogens (tertiary/aromatic N) is 1. The van der Waals surface area contributed by atoms with Gasteiger partial charge in [-0.25, -0.2) is 9.18 Å². The van der Waals surface area contributed by atoms with E-state index in [1.165, 1.54) is 18.5 Å². The third kappa shape index (κ3) is 6.33. The maximum Gasteiger partial charge on any atom is 0.407 e. The lowest BCUT2D eigenvalue weighted by molar-refractivity contribution is 0.140. The van der Waals surface area contributed by atoms with Crippen LogP contribution in [0.25, 0.3) is 5.57 Å². The number of nitrogens with one attached hydrogen (secondary N) is 1. The first-order valence-corrected chi connectivity index (χ1v) is 8.71. The van der Waals surface area contributed by atoms with Crippen LogP contribution >= 0.6 is 15.9 Å². The number of aliphatic imine (C=N–C) groups is 1. The predicted molar refractivity (Wildman–Crippen MR) is 104 cm³/mol. The summed E-state index contributed by atoms with van der Waals surface area (Å²) in [6, 6.07) is 14.0. The van der Waals surface area contributed by atoms with Gasteiger partial charge in [-0.05, 0) is 23.8 Å². The number of alkyl carbamates (subject to hydrolysis) is 1. The molecule has 0 aliphatic rings. The second-order valence-corrected chi connectivity index (χ2v) is 6.19. The van der Waals surface area contributed by atoms with Gasteiger partial charge in [-0.1, -0.05) is 46.3 Å². The lowest BCUT2D eigenvalue weighted by Gasteiger charge is -2.06. The maximum atomic E-state index is 13.9. The van der Waals surface area contributed by atoms with Gasteiger partial charge < -0.3 is 15.8 Å². The van der Waals surface area contributed by atoms with E-state index < -0.39 is 6.09 Å².